The molecule has 2 N–H and O–H groups in total. The van der Waals surface area contributed by atoms with Crippen LogP contribution in [0.25, 0.3) is 22.4 Å². The van der Waals surface area contributed by atoms with Gasteiger partial charge in [-0.05, 0) is 31.7 Å². The van der Waals surface area contributed by atoms with Crippen molar-refractivity contribution in [2.45, 2.75) is 44.8 Å². The van der Waals surface area contributed by atoms with E-state index in [9.17, 15) is 9.18 Å². The third-order valence-corrected chi connectivity index (χ3v) is 6.44. The van der Waals surface area contributed by atoms with E-state index in [1.807, 2.05) is 6.92 Å². The van der Waals surface area contributed by atoms with Gasteiger partial charge < -0.3 is 15.1 Å². The SMILES string of the molecule is CC1(C=O)CC1N1CCCCC1Nc1nc(-c2c[nH]c3ncc(Cl)cc23)ncc1F. The number of nitrogens with one attached hydrogen (secondary N) is 2. The smallest absolute Gasteiger partial charge is 0.183 e. The molecule has 30 heavy (non-hydrogen) atoms. The van der Waals surface area contributed by atoms with Gasteiger partial charge >= 0.3 is 0 Å². The molecular formula is C21H22ClFN6O. The Bertz CT molecular complexity index is 1120. The highest BCUT2D eigenvalue weighted by molar-refractivity contribution is 6.31. The number of hydrogen-bond acceptors (Lipinski definition) is 6. The largest absolute Gasteiger partial charge is 0.352 e. The number of aromatic nitrogens is 4. The molecule has 9 heteroatoms. The van der Waals surface area contributed by atoms with E-state index in [1.54, 1.807) is 18.5 Å². The number of nitrogens with zero attached hydrogens (tertiary/aromatic N) is 4. The number of carbonyl (C=O) groups excluding carboxylic acids is 1. The summed E-state index contributed by atoms with van der Waals surface area (Å²) in [6, 6.07) is 1.98. The zero-order valence-electron chi connectivity index (χ0n) is 16.5. The molecule has 2 aliphatic rings. The van der Waals surface area contributed by atoms with Crippen molar-refractivity contribution in [3.8, 4) is 11.4 Å². The second-order valence-corrected chi connectivity index (χ2v) is 8.82. The van der Waals surface area contributed by atoms with Crippen molar-refractivity contribution in [1.82, 2.24) is 24.8 Å². The average molecular weight is 429 g/mol. The normalized spacial score (nSPS) is 26.6. The molecule has 0 bridgehead atoms. The first-order chi connectivity index (χ1) is 14.5. The van der Waals surface area contributed by atoms with Gasteiger partial charge in [0.15, 0.2) is 17.5 Å². The van der Waals surface area contributed by atoms with Crippen molar-refractivity contribution < 1.29 is 9.18 Å². The Hall–Kier alpha value is -2.58. The Morgan fingerprint density at radius 2 is 2.23 bits per heavy atom. The van der Waals surface area contributed by atoms with Crippen molar-refractivity contribution in [2.75, 3.05) is 11.9 Å². The summed E-state index contributed by atoms with van der Waals surface area (Å²) in [5.41, 5.74) is 1.07. The molecule has 156 valence electrons. The van der Waals surface area contributed by atoms with Crippen molar-refractivity contribution in [2.24, 2.45) is 5.41 Å². The predicted octanol–water partition coefficient (Wildman–Crippen LogP) is 4.01. The summed E-state index contributed by atoms with van der Waals surface area (Å²) in [6.07, 6.45) is 9.30. The van der Waals surface area contributed by atoms with Crippen LogP contribution >= 0.6 is 11.6 Å². The average Bonchev–Trinajstić information content (AvgIpc) is 3.26. The molecule has 2 fully saturated rings. The molecule has 7 nitrogen and oxygen atoms in total. The van der Waals surface area contributed by atoms with Gasteiger partial charge in [0, 0.05) is 41.3 Å². The molecule has 3 aromatic rings. The summed E-state index contributed by atoms with van der Waals surface area (Å²) in [4.78, 5) is 29.7. The molecule has 1 aliphatic carbocycles. The van der Waals surface area contributed by atoms with Gasteiger partial charge in [-0.25, -0.2) is 19.3 Å². The summed E-state index contributed by atoms with van der Waals surface area (Å²) in [7, 11) is 0. The van der Waals surface area contributed by atoms with Gasteiger partial charge in [0.1, 0.15) is 11.9 Å². The van der Waals surface area contributed by atoms with Crippen LogP contribution in [0.15, 0.2) is 24.7 Å². The summed E-state index contributed by atoms with van der Waals surface area (Å²) < 4.78 is 14.6. The Kier molecular flexibility index (Phi) is 4.71. The summed E-state index contributed by atoms with van der Waals surface area (Å²) in [6.45, 7) is 2.87. The number of hydrogen-bond donors (Lipinski definition) is 2. The first-order valence-electron chi connectivity index (χ1n) is 10.1. The summed E-state index contributed by atoms with van der Waals surface area (Å²) in [5.74, 6) is 0.0460. The van der Waals surface area contributed by atoms with E-state index in [0.29, 0.717) is 22.1 Å². The van der Waals surface area contributed by atoms with Gasteiger partial charge in [0.25, 0.3) is 0 Å². The van der Waals surface area contributed by atoms with Crippen LogP contribution < -0.4 is 5.32 Å². The Labute approximate surface area is 178 Å². The molecule has 5 rings (SSSR count). The molecular weight excluding hydrogens is 407 g/mol. The van der Waals surface area contributed by atoms with Gasteiger partial charge in [0.2, 0.25) is 0 Å². The van der Waals surface area contributed by atoms with E-state index in [-0.39, 0.29) is 23.4 Å². The number of fused-ring (bicyclic) bond motifs is 1. The van der Waals surface area contributed by atoms with Crippen LogP contribution in [0.2, 0.25) is 5.02 Å². The fourth-order valence-corrected chi connectivity index (χ4v) is 4.54. The molecule has 1 aliphatic heterocycles. The Balaban J connectivity index is 1.45. The number of pyridine rings is 1. The number of halogens is 2. The van der Waals surface area contributed by atoms with Crippen LogP contribution in [0.3, 0.4) is 0 Å². The van der Waals surface area contributed by atoms with E-state index in [0.717, 1.165) is 43.9 Å². The number of aromatic amines is 1. The zero-order chi connectivity index (χ0) is 20.9. The first kappa shape index (κ1) is 19.4. The predicted molar refractivity (Wildman–Crippen MR) is 113 cm³/mol. The van der Waals surface area contributed by atoms with Gasteiger partial charge in [-0.2, -0.15) is 0 Å². The van der Waals surface area contributed by atoms with Gasteiger partial charge in [-0.15, -0.1) is 0 Å². The second kappa shape index (κ2) is 7.28. The number of H-pyrrole nitrogens is 1. The topological polar surface area (TPSA) is 86.8 Å². The third-order valence-electron chi connectivity index (χ3n) is 6.23. The molecule has 0 aromatic carbocycles. The van der Waals surface area contributed by atoms with E-state index in [1.165, 1.54) is 6.20 Å². The maximum atomic E-state index is 14.6. The first-order valence-corrected chi connectivity index (χ1v) is 10.5. The molecule has 3 unspecified atom stereocenters. The minimum atomic E-state index is -0.505. The Morgan fingerprint density at radius 1 is 1.37 bits per heavy atom. The lowest BCUT2D eigenvalue weighted by Gasteiger charge is -2.37. The maximum Gasteiger partial charge on any atom is 0.183 e. The quantitative estimate of drug-likeness (QED) is 0.597. The monoisotopic (exact) mass is 428 g/mol. The number of anilines is 1. The van der Waals surface area contributed by atoms with Crippen LogP contribution in [0, 0.1) is 11.2 Å². The minimum absolute atomic E-state index is 0.0677. The van der Waals surface area contributed by atoms with Crippen LogP contribution in [-0.2, 0) is 4.79 Å². The summed E-state index contributed by atoms with van der Waals surface area (Å²) in [5, 5.41) is 4.56. The standard InChI is InChI=1S/C21H22ClFN6O/c1-21(11-30)7-16(21)29-5-3-2-4-17(29)27-20-15(23)10-26-19(28-20)14-9-25-18-13(14)6-12(22)8-24-18/h6,8-11,16-17H,2-5,7H2,1H3,(H,24,25)(H,26,27,28). The Morgan fingerprint density at radius 3 is 3.03 bits per heavy atom. The van der Waals surface area contributed by atoms with E-state index in [2.05, 4.69) is 30.2 Å². The lowest BCUT2D eigenvalue weighted by molar-refractivity contribution is -0.112. The van der Waals surface area contributed by atoms with Crippen molar-refractivity contribution in [1.29, 1.82) is 0 Å². The fourth-order valence-electron chi connectivity index (χ4n) is 4.38. The molecule has 0 spiro atoms. The van der Waals surface area contributed by atoms with E-state index >= 15 is 0 Å². The van der Waals surface area contributed by atoms with E-state index < -0.39 is 5.82 Å². The summed E-state index contributed by atoms with van der Waals surface area (Å²) >= 11 is 6.09. The number of aldehydes is 1. The molecule has 3 atom stereocenters. The number of rotatable bonds is 5. The molecule has 1 saturated heterocycles. The third kappa shape index (κ3) is 3.33. The van der Waals surface area contributed by atoms with Crippen molar-refractivity contribution in [3.63, 3.8) is 0 Å². The lowest BCUT2D eigenvalue weighted by Crippen LogP contribution is -2.47. The second-order valence-electron chi connectivity index (χ2n) is 8.38. The molecule has 3 aromatic heterocycles. The van der Waals surface area contributed by atoms with Gasteiger partial charge in [-0.1, -0.05) is 18.5 Å². The highest BCUT2D eigenvalue weighted by Gasteiger charge is 2.55. The number of carbonyl (C=O) groups is 1. The van der Waals surface area contributed by atoms with Crippen LogP contribution in [0.1, 0.15) is 32.6 Å². The molecule has 0 amide bonds. The van der Waals surface area contributed by atoms with E-state index in [4.69, 9.17) is 11.6 Å². The maximum absolute atomic E-state index is 14.6. The van der Waals surface area contributed by atoms with Gasteiger partial charge in [-0.3, -0.25) is 4.90 Å². The van der Waals surface area contributed by atoms with Crippen molar-refractivity contribution in [3.05, 3.63) is 35.5 Å². The van der Waals surface area contributed by atoms with Crippen LogP contribution in [0.4, 0.5) is 10.2 Å². The highest BCUT2D eigenvalue weighted by atomic mass is 35.5. The van der Waals surface area contributed by atoms with Crippen molar-refractivity contribution >= 4 is 34.7 Å². The molecule has 1 saturated carbocycles. The molecule has 4 heterocycles. The lowest BCUT2D eigenvalue weighted by atomic mass is 10.1. The van der Waals surface area contributed by atoms with Crippen LogP contribution in [0.5, 0.6) is 0 Å². The zero-order valence-corrected chi connectivity index (χ0v) is 17.3. The number of piperidine rings is 1. The fraction of sp³-hybridized carbons (Fsp3) is 0.429. The van der Waals surface area contributed by atoms with Gasteiger partial charge in [0.05, 0.1) is 17.4 Å². The van der Waals surface area contributed by atoms with Crippen LogP contribution in [-0.4, -0.2) is 49.9 Å². The molecule has 0 radical (unpaired) electrons. The number of likely N-dealkylation sites (tertiary alicyclic amines) is 1. The highest BCUT2D eigenvalue weighted by Crippen LogP contribution is 2.49. The minimum Gasteiger partial charge on any atom is -0.352 e.